The van der Waals surface area contributed by atoms with E-state index in [1.54, 1.807) is 19.1 Å². The highest BCUT2D eigenvalue weighted by Crippen LogP contribution is 2.39. The van der Waals surface area contributed by atoms with E-state index in [0.717, 1.165) is 23.9 Å². The fourth-order valence-corrected chi connectivity index (χ4v) is 3.35. The molecule has 1 aliphatic heterocycles. The quantitative estimate of drug-likeness (QED) is 0.854. The molecule has 1 aromatic carbocycles. The van der Waals surface area contributed by atoms with Crippen molar-refractivity contribution in [1.82, 2.24) is 4.90 Å². The molecule has 2 aromatic rings. The molecule has 0 aliphatic carbocycles. The van der Waals surface area contributed by atoms with E-state index in [2.05, 4.69) is 4.74 Å². The van der Waals surface area contributed by atoms with Gasteiger partial charge < -0.3 is 19.2 Å². The lowest BCUT2D eigenvalue weighted by atomic mass is 10.0. The number of likely N-dealkylation sites (N-methyl/N-ethyl adjacent to an activating group) is 1. The Morgan fingerprint density at radius 3 is 2.96 bits per heavy atom. The van der Waals surface area contributed by atoms with Crippen LogP contribution in [0.3, 0.4) is 0 Å². The molecule has 1 aromatic heterocycles. The zero-order valence-corrected chi connectivity index (χ0v) is 14.3. The molecule has 24 heavy (non-hydrogen) atoms. The number of carbonyl (C=O) groups excluding carboxylic acids is 1. The highest BCUT2D eigenvalue weighted by Gasteiger charge is 2.35. The fraction of sp³-hybridized carbons (Fsp3) is 0.471. The number of halogens is 2. The minimum atomic E-state index is -2.20. The Kier molecular flexibility index (Phi) is 4.80. The molecule has 2 unspecified atom stereocenters. The molecule has 3 rings (SSSR count). The van der Waals surface area contributed by atoms with Crippen LogP contribution in [-0.4, -0.2) is 42.3 Å². The number of ether oxygens (including phenoxy) is 1. The monoisotopic (exact) mass is 355 g/mol. The zero-order chi connectivity index (χ0) is 17.4. The Labute approximate surface area is 143 Å². The maximum absolute atomic E-state index is 14.3. The van der Waals surface area contributed by atoms with E-state index >= 15 is 0 Å². The van der Waals surface area contributed by atoms with Gasteiger partial charge in [-0.3, -0.25) is 0 Å². The number of hydrogen-bond acceptors (Lipinski definition) is 5. The van der Waals surface area contributed by atoms with Crippen molar-refractivity contribution >= 4 is 28.5 Å². The van der Waals surface area contributed by atoms with Crippen molar-refractivity contribution < 1.29 is 23.4 Å². The third kappa shape index (κ3) is 2.90. The number of carbonyl (C=O) groups is 1. The second-order valence-electron chi connectivity index (χ2n) is 5.93. The smallest absolute Gasteiger partial charge is 0.343 e. The fourth-order valence-electron chi connectivity index (χ4n) is 3.10. The summed E-state index contributed by atoms with van der Waals surface area (Å²) in [6.45, 7) is 2.87. The topological polar surface area (TPSA) is 62.9 Å². The van der Waals surface area contributed by atoms with Crippen LogP contribution in [0.15, 0.2) is 16.5 Å². The Bertz CT molecular complexity index is 776. The molecule has 1 N–H and O–H groups in total. The number of rotatable bonds is 4. The number of aliphatic hydroxyl groups is 1. The summed E-state index contributed by atoms with van der Waals surface area (Å²) in [5.41, 5.74) is 2.12. The molecule has 0 radical (unpaired) electrons. The molecule has 7 heteroatoms. The van der Waals surface area contributed by atoms with E-state index in [-0.39, 0.29) is 12.4 Å². The number of furan rings is 1. The van der Waals surface area contributed by atoms with Crippen LogP contribution in [0.5, 0.6) is 0 Å². The van der Waals surface area contributed by atoms with Crippen LogP contribution in [0.2, 0.25) is 5.02 Å². The van der Waals surface area contributed by atoms with Crippen LogP contribution in [0.25, 0.3) is 11.0 Å². The SMILES string of the molecule is CCOC(=O)C(F)C(O)c1oc2ccc(Cl)c3c2c1CN(C)CC3. The molecule has 0 saturated carbocycles. The number of esters is 1. The van der Waals surface area contributed by atoms with Gasteiger partial charge in [0.2, 0.25) is 6.17 Å². The first kappa shape index (κ1) is 17.2. The highest BCUT2D eigenvalue weighted by molar-refractivity contribution is 6.32. The van der Waals surface area contributed by atoms with Gasteiger partial charge in [0.25, 0.3) is 0 Å². The van der Waals surface area contributed by atoms with Crippen molar-refractivity contribution in [3.05, 3.63) is 34.0 Å². The molecule has 1 aliphatic rings. The zero-order valence-electron chi connectivity index (χ0n) is 13.5. The third-order valence-corrected chi connectivity index (χ3v) is 4.62. The summed E-state index contributed by atoms with van der Waals surface area (Å²) in [5, 5.41) is 11.8. The van der Waals surface area contributed by atoms with Crippen molar-refractivity contribution in [2.24, 2.45) is 0 Å². The van der Waals surface area contributed by atoms with Crippen molar-refractivity contribution in [1.29, 1.82) is 0 Å². The van der Waals surface area contributed by atoms with Crippen LogP contribution in [0, 0.1) is 0 Å². The maximum atomic E-state index is 14.3. The summed E-state index contributed by atoms with van der Waals surface area (Å²) in [4.78, 5) is 13.6. The number of aliphatic hydroxyl groups excluding tert-OH is 1. The average molecular weight is 356 g/mol. The first-order valence-corrected chi connectivity index (χ1v) is 8.21. The number of alkyl halides is 1. The van der Waals surface area contributed by atoms with Gasteiger partial charge in [-0.05, 0) is 38.1 Å². The summed E-state index contributed by atoms with van der Waals surface area (Å²) in [6.07, 6.45) is -3.19. The molecule has 130 valence electrons. The predicted molar refractivity (Wildman–Crippen MR) is 87.8 cm³/mol. The van der Waals surface area contributed by atoms with Crippen molar-refractivity contribution in [2.45, 2.75) is 32.2 Å². The van der Waals surface area contributed by atoms with Gasteiger partial charge in [0.1, 0.15) is 11.3 Å². The van der Waals surface area contributed by atoms with Gasteiger partial charge in [-0.2, -0.15) is 0 Å². The molecule has 2 atom stereocenters. The van der Waals surface area contributed by atoms with E-state index in [4.69, 9.17) is 16.0 Å². The number of hydrogen-bond donors (Lipinski definition) is 1. The summed E-state index contributed by atoms with van der Waals surface area (Å²) in [5.74, 6) is -1.04. The van der Waals surface area contributed by atoms with Crippen LogP contribution >= 0.6 is 11.6 Å². The second-order valence-corrected chi connectivity index (χ2v) is 6.34. The van der Waals surface area contributed by atoms with Gasteiger partial charge in [-0.25, -0.2) is 9.18 Å². The van der Waals surface area contributed by atoms with Crippen LogP contribution in [0.1, 0.15) is 29.9 Å². The summed E-state index contributed by atoms with van der Waals surface area (Å²) >= 11 is 6.30. The van der Waals surface area contributed by atoms with Crippen molar-refractivity contribution in [3.63, 3.8) is 0 Å². The molecule has 0 fully saturated rings. The molecule has 0 saturated heterocycles. The number of nitrogens with zero attached hydrogens (tertiary/aromatic N) is 1. The summed E-state index contributed by atoms with van der Waals surface area (Å²) < 4.78 is 24.6. The standard InChI is InChI=1S/C17H19ClFNO4/c1-3-23-17(22)14(19)15(21)16-10-8-20(2)7-6-9-11(18)4-5-12(24-16)13(9)10/h4-5,14-15,21H,3,6-8H2,1-2H3. The largest absolute Gasteiger partial charge is 0.464 e. The van der Waals surface area contributed by atoms with Gasteiger partial charge in [0.15, 0.2) is 6.10 Å². The molecular weight excluding hydrogens is 337 g/mol. The van der Waals surface area contributed by atoms with Crippen LogP contribution in [-0.2, 0) is 22.5 Å². The van der Waals surface area contributed by atoms with Crippen molar-refractivity contribution in [3.8, 4) is 0 Å². The minimum Gasteiger partial charge on any atom is -0.464 e. The van der Waals surface area contributed by atoms with Gasteiger partial charge in [-0.15, -0.1) is 0 Å². The molecular formula is C17H19ClFNO4. The van der Waals surface area contributed by atoms with E-state index in [0.29, 0.717) is 22.7 Å². The van der Waals surface area contributed by atoms with E-state index in [1.807, 2.05) is 11.9 Å². The lowest BCUT2D eigenvalue weighted by Crippen LogP contribution is -2.27. The Morgan fingerprint density at radius 2 is 2.25 bits per heavy atom. The van der Waals surface area contributed by atoms with E-state index in [1.165, 1.54) is 0 Å². The van der Waals surface area contributed by atoms with Gasteiger partial charge in [0, 0.05) is 29.1 Å². The molecule has 2 heterocycles. The normalized spacial score (nSPS) is 17.5. The molecule has 0 spiro atoms. The lowest BCUT2D eigenvalue weighted by molar-refractivity contribution is -0.154. The Morgan fingerprint density at radius 1 is 1.50 bits per heavy atom. The molecule has 0 amide bonds. The van der Waals surface area contributed by atoms with Gasteiger partial charge >= 0.3 is 5.97 Å². The Hall–Kier alpha value is -1.63. The molecule has 5 nitrogen and oxygen atoms in total. The Balaban J connectivity index is 2.10. The van der Waals surface area contributed by atoms with Gasteiger partial charge in [-0.1, -0.05) is 11.6 Å². The van der Waals surface area contributed by atoms with Gasteiger partial charge in [0.05, 0.1) is 6.61 Å². The van der Waals surface area contributed by atoms with E-state index in [9.17, 15) is 14.3 Å². The minimum absolute atomic E-state index is 0.0431. The summed E-state index contributed by atoms with van der Waals surface area (Å²) in [6, 6.07) is 3.43. The molecule has 0 bridgehead atoms. The highest BCUT2D eigenvalue weighted by atomic mass is 35.5. The predicted octanol–water partition coefficient (Wildman–Crippen LogP) is 3.01. The van der Waals surface area contributed by atoms with Crippen LogP contribution in [0.4, 0.5) is 4.39 Å². The van der Waals surface area contributed by atoms with Crippen molar-refractivity contribution in [2.75, 3.05) is 20.2 Å². The lowest BCUT2D eigenvalue weighted by Gasteiger charge is -2.17. The number of benzene rings is 1. The van der Waals surface area contributed by atoms with E-state index < -0.39 is 18.2 Å². The first-order valence-electron chi connectivity index (χ1n) is 7.84. The second kappa shape index (κ2) is 6.70. The summed E-state index contributed by atoms with van der Waals surface area (Å²) in [7, 11) is 1.92. The van der Waals surface area contributed by atoms with Crippen LogP contribution < -0.4 is 0 Å². The maximum Gasteiger partial charge on any atom is 0.343 e. The average Bonchev–Trinajstić information content (AvgIpc) is 2.81. The third-order valence-electron chi connectivity index (χ3n) is 4.27. The first-order chi connectivity index (χ1) is 11.4.